The molecule has 0 bridgehead atoms. The molecule has 0 radical (unpaired) electrons. The van der Waals surface area contributed by atoms with E-state index in [2.05, 4.69) is 143 Å². The Labute approximate surface area is 249 Å². The highest BCUT2D eigenvalue weighted by atomic mass is 15.0. The lowest BCUT2D eigenvalue weighted by Crippen LogP contribution is -2.07. The Kier molecular flexibility index (Phi) is 10.1. The summed E-state index contributed by atoms with van der Waals surface area (Å²) < 4.78 is 0. The van der Waals surface area contributed by atoms with Crippen LogP contribution in [-0.2, 0) is 39.3 Å². The summed E-state index contributed by atoms with van der Waals surface area (Å²) in [4.78, 5) is 0. The van der Waals surface area contributed by atoms with Gasteiger partial charge >= 0.3 is 0 Å². The molecule has 0 aromatic heterocycles. The number of hydrogen-bond donors (Lipinski definition) is 6. The summed E-state index contributed by atoms with van der Waals surface area (Å²) in [5.41, 5.74) is 23.0. The fraction of sp³-hybridized carbons (Fsp3) is 0.167. The van der Waals surface area contributed by atoms with E-state index >= 15 is 0 Å². The van der Waals surface area contributed by atoms with E-state index in [9.17, 15) is 0 Å². The van der Waals surface area contributed by atoms with Gasteiger partial charge in [0.05, 0.1) is 22.7 Å². The molecule has 0 aliphatic carbocycles. The number of benzene rings is 5. The third-order valence-corrected chi connectivity index (χ3v) is 7.33. The van der Waals surface area contributed by atoms with E-state index in [1.807, 2.05) is 0 Å². The van der Waals surface area contributed by atoms with Gasteiger partial charge in [-0.2, -0.15) is 0 Å². The average Bonchev–Trinajstić information content (AvgIpc) is 3.06. The first-order valence-electron chi connectivity index (χ1n) is 14.5. The molecule has 0 saturated heterocycles. The van der Waals surface area contributed by atoms with Crippen molar-refractivity contribution < 1.29 is 0 Å². The molecular weight excluding hydrogens is 516 g/mol. The van der Waals surface area contributed by atoms with Gasteiger partial charge in [-0.1, -0.05) is 97.1 Å². The van der Waals surface area contributed by atoms with Crippen LogP contribution in [0.25, 0.3) is 0 Å². The van der Waals surface area contributed by atoms with Crippen LogP contribution in [0.3, 0.4) is 0 Å². The van der Waals surface area contributed by atoms with Crippen LogP contribution < -0.4 is 32.7 Å². The molecule has 0 aliphatic heterocycles. The molecule has 0 saturated carbocycles. The summed E-state index contributed by atoms with van der Waals surface area (Å²) >= 11 is 0. The van der Waals surface area contributed by atoms with E-state index in [0.717, 1.165) is 60.1 Å². The van der Waals surface area contributed by atoms with Gasteiger partial charge in [-0.05, 0) is 57.6 Å². The molecule has 5 aromatic carbocycles. The minimum Gasteiger partial charge on any atom is -0.379 e. The van der Waals surface area contributed by atoms with Gasteiger partial charge < -0.3 is 32.7 Å². The van der Waals surface area contributed by atoms with Crippen LogP contribution in [0.2, 0.25) is 0 Å². The first-order chi connectivity index (χ1) is 20.7. The molecule has 0 heterocycles. The standard InChI is InChI=1S/C36H40N6/c37-21-27-9-13-29(14-10-27)23-39-33-5-1-3-7-35(33)41-25-31-17-19-32(20-18-31)26-42-36-8-4-2-6-34(36)40-24-30-15-11-28(22-38)12-16-30/h1-20,39-42H,21-26,37-38H2. The number of rotatable bonds is 14. The van der Waals surface area contributed by atoms with Crippen molar-refractivity contribution in [2.45, 2.75) is 39.3 Å². The second-order valence-electron chi connectivity index (χ2n) is 10.4. The van der Waals surface area contributed by atoms with Gasteiger partial charge in [0.2, 0.25) is 0 Å². The van der Waals surface area contributed by atoms with Crippen molar-refractivity contribution in [1.29, 1.82) is 0 Å². The van der Waals surface area contributed by atoms with Crippen LogP contribution in [-0.4, -0.2) is 0 Å². The van der Waals surface area contributed by atoms with Gasteiger partial charge in [-0.3, -0.25) is 0 Å². The molecule has 6 heteroatoms. The maximum Gasteiger partial charge on any atom is 0.0578 e. The van der Waals surface area contributed by atoms with E-state index in [1.54, 1.807) is 0 Å². The highest BCUT2D eigenvalue weighted by molar-refractivity contribution is 5.69. The molecule has 214 valence electrons. The zero-order valence-electron chi connectivity index (χ0n) is 23.9. The van der Waals surface area contributed by atoms with Crippen LogP contribution in [0.4, 0.5) is 22.7 Å². The average molecular weight is 557 g/mol. The molecule has 0 aliphatic rings. The van der Waals surface area contributed by atoms with Crippen molar-refractivity contribution in [3.05, 3.63) is 155 Å². The molecule has 0 amide bonds. The van der Waals surface area contributed by atoms with Gasteiger partial charge in [-0.15, -0.1) is 0 Å². The number of para-hydroxylation sites is 4. The zero-order valence-corrected chi connectivity index (χ0v) is 23.9. The third kappa shape index (κ3) is 8.13. The summed E-state index contributed by atoms with van der Waals surface area (Å²) in [5.74, 6) is 0. The van der Waals surface area contributed by atoms with Gasteiger partial charge in [-0.25, -0.2) is 0 Å². The number of nitrogens with two attached hydrogens (primary N) is 2. The molecule has 6 nitrogen and oxygen atoms in total. The van der Waals surface area contributed by atoms with Crippen molar-refractivity contribution in [1.82, 2.24) is 0 Å². The maximum atomic E-state index is 5.72. The number of anilines is 4. The second kappa shape index (κ2) is 14.7. The van der Waals surface area contributed by atoms with Crippen molar-refractivity contribution in [3.8, 4) is 0 Å². The second-order valence-corrected chi connectivity index (χ2v) is 10.4. The molecule has 0 fully saturated rings. The minimum atomic E-state index is 0.565. The highest BCUT2D eigenvalue weighted by Crippen LogP contribution is 2.24. The lowest BCUT2D eigenvalue weighted by Gasteiger charge is -2.15. The summed E-state index contributed by atoms with van der Waals surface area (Å²) in [7, 11) is 0. The Morgan fingerprint density at radius 1 is 0.310 bits per heavy atom. The largest absolute Gasteiger partial charge is 0.379 e. The molecule has 0 spiro atoms. The lowest BCUT2D eigenvalue weighted by molar-refractivity contribution is 1.06. The van der Waals surface area contributed by atoms with E-state index < -0.39 is 0 Å². The molecule has 0 atom stereocenters. The summed E-state index contributed by atoms with van der Waals surface area (Å²) in [5, 5.41) is 14.3. The van der Waals surface area contributed by atoms with Crippen LogP contribution in [0.15, 0.2) is 121 Å². The van der Waals surface area contributed by atoms with Crippen LogP contribution in [0.1, 0.15) is 33.4 Å². The van der Waals surface area contributed by atoms with Crippen molar-refractivity contribution in [2.75, 3.05) is 21.3 Å². The molecular formula is C36H40N6. The maximum absolute atomic E-state index is 5.72. The van der Waals surface area contributed by atoms with Gasteiger partial charge in [0, 0.05) is 39.3 Å². The molecule has 0 unspecified atom stereocenters. The SMILES string of the molecule is NCc1ccc(CNc2ccccc2NCc2ccc(CNc3ccccc3NCc3ccc(CN)cc3)cc2)cc1. The van der Waals surface area contributed by atoms with E-state index in [1.165, 1.54) is 22.3 Å². The molecule has 5 aromatic rings. The highest BCUT2D eigenvalue weighted by Gasteiger charge is 2.05. The fourth-order valence-corrected chi connectivity index (χ4v) is 4.73. The Morgan fingerprint density at radius 2 is 0.524 bits per heavy atom. The van der Waals surface area contributed by atoms with Gasteiger partial charge in [0.1, 0.15) is 0 Å². The predicted molar refractivity (Wildman–Crippen MR) is 177 cm³/mol. The van der Waals surface area contributed by atoms with Crippen LogP contribution >= 0.6 is 0 Å². The number of hydrogen-bond acceptors (Lipinski definition) is 6. The zero-order chi connectivity index (χ0) is 29.0. The van der Waals surface area contributed by atoms with Crippen LogP contribution in [0, 0.1) is 0 Å². The smallest absolute Gasteiger partial charge is 0.0578 e. The Bertz CT molecular complexity index is 1410. The Balaban J connectivity index is 1.12. The molecule has 5 rings (SSSR count). The Morgan fingerprint density at radius 3 is 0.738 bits per heavy atom. The molecule has 42 heavy (non-hydrogen) atoms. The van der Waals surface area contributed by atoms with E-state index in [0.29, 0.717) is 13.1 Å². The van der Waals surface area contributed by atoms with Crippen LogP contribution in [0.5, 0.6) is 0 Å². The summed E-state index contributed by atoms with van der Waals surface area (Å²) in [6.45, 7) is 4.14. The van der Waals surface area contributed by atoms with Gasteiger partial charge in [0.15, 0.2) is 0 Å². The Hall–Kier alpha value is -4.78. The minimum absolute atomic E-state index is 0.565. The van der Waals surface area contributed by atoms with Crippen molar-refractivity contribution >= 4 is 22.7 Å². The lowest BCUT2D eigenvalue weighted by atomic mass is 10.1. The fourth-order valence-electron chi connectivity index (χ4n) is 4.73. The quantitative estimate of drug-likeness (QED) is 0.0877. The first-order valence-corrected chi connectivity index (χ1v) is 14.5. The summed E-state index contributed by atoms with van der Waals surface area (Å²) in [6, 6.07) is 42.2. The number of nitrogens with one attached hydrogen (secondary N) is 4. The topological polar surface area (TPSA) is 100 Å². The molecule has 8 N–H and O–H groups in total. The van der Waals surface area contributed by atoms with Crippen molar-refractivity contribution in [2.24, 2.45) is 11.5 Å². The summed E-state index contributed by atoms with van der Waals surface area (Å²) in [6.07, 6.45) is 0. The monoisotopic (exact) mass is 556 g/mol. The van der Waals surface area contributed by atoms with E-state index in [4.69, 9.17) is 11.5 Å². The normalized spacial score (nSPS) is 10.7. The first kappa shape index (κ1) is 28.7. The van der Waals surface area contributed by atoms with Crippen molar-refractivity contribution in [3.63, 3.8) is 0 Å². The van der Waals surface area contributed by atoms with E-state index in [-0.39, 0.29) is 0 Å². The van der Waals surface area contributed by atoms with Gasteiger partial charge in [0.25, 0.3) is 0 Å². The third-order valence-electron chi connectivity index (χ3n) is 7.33. The predicted octanol–water partition coefficient (Wildman–Crippen LogP) is 7.05.